The zero-order valence-electron chi connectivity index (χ0n) is 13.1. The first kappa shape index (κ1) is 17.0. The summed E-state index contributed by atoms with van der Waals surface area (Å²) in [6.45, 7) is 1.70. The highest BCUT2D eigenvalue weighted by Gasteiger charge is 2.43. The van der Waals surface area contributed by atoms with E-state index in [1.54, 1.807) is 23.6 Å². The van der Waals surface area contributed by atoms with Gasteiger partial charge in [-0.05, 0) is 30.9 Å². The van der Waals surface area contributed by atoms with Crippen molar-refractivity contribution in [3.05, 3.63) is 42.0 Å². The third-order valence-electron chi connectivity index (χ3n) is 4.45. The van der Waals surface area contributed by atoms with E-state index in [0.29, 0.717) is 17.8 Å². The summed E-state index contributed by atoms with van der Waals surface area (Å²) in [6, 6.07) is 5.59. The Morgan fingerprint density at radius 2 is 2.00 bits per heavy atom. The summed E-state index contributed by atoms with van der Waals surface area (Å²) in [7, 11) is -3.98. The van der Waals surface area contributed by atoms with Gasteiger partial charge in [0, 0.05) is 18.9 Å². The van der Waals surface area contributed by atoms with Crippen molar-refractivity contribution in [2.75, 3.05) is 0 Å². The number of hydrogen-bond acceptors (Lipinski definition) is 4. The molecular formula is C15H18F2N4O2S. The molecule has 1 fully saturated rings. The zero-order valence-corrected chi connectivity index (χ0v) is 13.9. The van der Waals surface area contributed by atoms with Gasteiger partial charge in [0.05, 0.1) is 4.90 Å². The lowest BCUT2D eigenvalue weighted by Crippen LogP contribution is -2.33. The molecule has 2 atom stereocenters. The van der Waals surface area contributed by atoms with Gasteiger partial charge in [-0.3, -0.25) is 0 Å². The smallest absolute Gasteiger partial charge is 0.250 e. The van der Waals surface area contributed by atoms with E-state index in [2.05, 4.69) is 10.2 Å². The molecule has 1 aliphatic rings. The second-order valence-electron chi connectivity index (χ2n) is 6.22. The summed E-state index contributed by atoms with van der Waals surface area (Å²) in [6.07, 6.45) is 1.09. The first-order chi connectivity index (χ1) is 11.2. The molecule has 3 rings (SSSR count). The second-order valence-corrected chi connectivity index (χ2v) is 7.75. The van der Waals surface area contributed by atoms with Gasteiger partial charge in [0.15, 0.2) is 0 Å². The Bertz CT molecular complexity index is 851. The first-order valence-electron chi connectivity index (χ1n) is 7.53. The number of halogens is 2. The lowest BCUT2D eigenvalue weighted by atomic mass is 9.79. The van der Waals surface area contributed by atoms with Crippen LogP contribution in [0.4, 0.5) is 8.78 Å². The molecule has 0 aliphatic heterocycles. The zero-order chi connectivity index (χ0) is 17.5. The highest BCUT2D eigenvalue weighted by atomic mass is 32.2. The van der Waals surface area contributed by atoms with Crippen molar-refractivity contribution in [3.8, 4) is 0 Å². The van der Waals surface area contributed by atoms with Crippen LogP contribution in [0.25, 0.3) is 0 Å². The lowest BCUT2D eigenvalue weighted by Gasteiger charge is -2.36. The Labute approximate surface area is 138 Å². The van der Waals surface area contributed by atoms with Crippen LogP contribution >= 0.6 is 0 Å². The van der Waals surface area contributed by atoms with Crippen molar-refractivity contribution in [2.45, 2.75) is 49.0 Å². The van der Waals surface area contributed by atoms with Gasteiger partial charge in [-0.25, -0.2) is 22.3 Å². The number of nitrogens with zero attached hydrogens (tertiary/aromatic N) is 3. The maximum atomic E-state index is 14.3. The Morgan fingerprint density at radius 3 is 2.62 bits per heavy atom. The van der Waals surface area contributed by atoms with Crippen LogP contribution in [0.3, 0.4) is 0 Å². The van der Waals surface area contributed by atoms with Crippen LogP contribution in [0.1, 0.15) is 42.6 Å². The van der Waals surface area contributed by atoms with Crippen LogP contribution in [0.5, 0.6) is 0 Å². The van der Waals surface area contributed by atoms with Crippen LogP contribution in [0.15, 0.2) is 35.5 Å². The molecule has 0 amide bonds. The van der Waals surface area contributed by atoms with Crippen LogP contribution in [-0.4, -0.2) is 29.1 Å². The van der Waals surface area contributed by atoms with Crippen molar-refractivity contribution in [1.29, 1.82) is 0 Å². The second kappa shape index (κ2) is 5.89. The molecule has 1 heterocycles. The monoisotopic (exact) mass is 356 g/mol. The molecule has 1 saturated carbocycles. The first-order valence-corrected chi connectivity index (χ1v) is 9.08. The molecule has 0 saturated heterocycles. The molecule has 0 bridgehead atoms. The number of hydrogen-bond donors (Lipinski definition) is 1. The molecule has 130 valence electrons. The molecule has 0 unspecified atom stereocenters. The summed E-state index contributed by atoms with van der Waals surface area (Å²) < 4.78 is 53.8. The number of sulfonamides is 1. The van der Waals surface area contributed by atoms with Gasteiger partial charge < -0.3 is 4.57 Å². The van der Waals surface area contributed by atoms with E-state index in [0.717, 1.165) is 0 Å². The minimum Gasteiger partial charge on any atom is -0.314 e. The van der Waals surface area contributed by atoms with Gasteiger partial charge >= 0.3 is 0 Å². The molecule has 0 spiro atoms. The molecule has 24 heavy (non-hydrogen) atoms. The molecule has 9 heteroatoms. The van der Waals surface area contributed by atoms with Crippen LogP contribution in [-0.2, 0) is 10.0 Å². The van der Waals surface area contributed by atoms with E-state index >= 15 is 0 Å². The Balaban J connectivity index is 2.01. The number of nitrogens with two attached hydrogens (primary N) is 1. The van der Waals surface area contributed by atoms with Crippen molar-refractivity contribution >= 4 is 10.0 Å². The quantitative estimate of drug-likeness (QED) is 0.914. The van der Waals surface area contributed by atoms with Gasteiger partial charge in [0.1, 0.15) is 12.2 Å². The van der Waals surface area contributed by atoms with Crippen LogP contribution < -0.4 is 5.14 Å². The fourth-order valence-corrected chi connectivity index (χ4v) is 4.30. The highest BCUT2D eigenvalue weighted by Crippen LogP contribution is 2.47. The van der Waals surface area contributed by atoms with E-state index in [1.807, 2.05) is 0 Å². The molecule has 0 radical (unpaired) electrons. The number of benzene rings is 1. The van der Waals surface area contributed by atoms with Crippen molar-refractivity contribution in [1.82, 2.24) is 14.8 Å². The van der Waals surface area contributed by atoms with E-state index in [1.165, 1.54) is 18.5 Å². The Hall–Kier alpha value is -1.87. The summed E-state index contributed by atoms with van der Waals surface area (Å²) in [4.78, 5) is -0.0908. The molecule has 1 aromatic carbocycles. The minimum absolute atomic E-state index is 0.0908. The summed E-state index contributed by atoms with van der Waals surface area (Å²) >= 11 is 0. The van der Waals surface area contributed by atoms with Crippen LogP contribution in [0.2, 0.25) is 0 Å². The average molecular weight is 356 g/mol. The molecular weight excluding hydrogens is 338 g/mol. The fourth-order valence-electron chi connectivity index (χ4n) is 3.47. The number of aryl methyl sites for hydroxylation is 1. The maximum absolute atomic E-state index is 14.3. The van der Waals surface area contributed by atoms with Crippen LogP contribution in [0, 0.1) is 6.92 Å². The molecule has 2 N–H and O–H groups in total. The summed E-state index contributed by atoms with van der Waals surface area (Å²) in [5.74, 6) is -2.97. The number of alkyl halides is 2. The number of aromatic nitrogens is 3. The SMILES string of the molecule is Cc1nncn1[C@H]1C[C@@H](c2ccccc2S(N)(=O)=O)CC(F)(F)C1. The van der Waals surface area contributed by atoms with Gasteiger partial charge in [-0.15, -0.1) is 10.2 Å². The van der Waals surface area contributed by atoms with Gasteiger partial charge in [0.2, 0.25) is 10.0 Å². The van der Waals surface area contributed by atoms with E-state index < -0.39 is 34.3 Å². The molecule has 6 nitrogen and oxygen atoms in total. The maximum Gasteiger partial charge on any atom is 0.250 e. The van der Waals surface area contributed by atoms with E-state index in [-0.39, 0.29) is 11.3 Å². The van der Waals surface area contributed by atoms with Gasteiger partial charge in [-0.1, -0.05) is 18.2 Å². The third-order valence-corrected chi connectivity index (χ3v) is 5.43. The van der Waals surface area contributed by atoms with E-state index in [4.69, 9.17) is 5.14 Å². The fraction of sp³-hybridized carbons (Fsp3) is 0.467. The topological polar surface area (TPSA) is 90.9 Å². The largest absolute Gasteiger partial charge is 0.314 e. The lowest BCUT2D eigenvalue weighted by molar-refractivity contribution is -0.0576. The standard InChI is InChI=1S/C15H18F2N4O2S/c1-10-20-19-9-21(10)12-6-11(7-15(16,17)8-12)13-4-2-3-5-14(13)24(18,22)23/h2-5,9,11-12H,6-8H2,1H3,(H2,18,22,23)/t11-,12+/m1/s1. The molecule has 1 aromatic heterocycles. The molecule has 1 aliphatic carbocycles. The van der Waals surface area contributed by atoms with E-state index in [9.17, 15) is 17.2 Å². The normalized spacial score (nSPS) is 24.0. The van der Waals surface area contributed by atoms with Crippen molar-refractivity contribution < 1.29 is 17.2 Å². The van der Waals surface area contributed by atoms with Gasteiger partial charge in [0.25, 0.3) is 5.92 Å². The predicted octanol–water partition coefficient (Wildman–Crippen LogP) is 2.38. The van der Waals surface area contributed by atoms with Gasteiger partial charge in [-0.2, -0.15) is 0 Å². The number of rotatable bonds is 3. The predicted molar refractivity (Wildman–Crippen MR) is 83.2 cm³/mol. The highest BCUT2D eigenvalue weighted by molar-refractivity contribution is 7.89. The average Bonchev–Trinajstić information content (AvgIpc) is 2.91. The number of primary sulfonamides is 1. The van der Waals surface area contributed by atoms with Crippen molar-refractivity contribution in [3.63, 3.8) is 0 Å². The Kier molecular flexibility index (Phi) is 4.16. The summed E-state index contributed by atoms with van der Waals surface area (Å²) in [5, 5.41) is 12.8. The minimum atomic E-state index is -3.98. The van der Waals surface area contributed by atoms with Crippen molar-refractivity contribution in [2.24, 2.45) is 5.14 Å². The summed E-state index contributed by atoms with van der Waals surface area (Å²) in [5.41, 5.74) is 0.343. The third kappa shape index (κ3) is 3.32. The molecule has 2 aromatic rings. The Morgan fingerprint density at radius 1 is 1.29 bits per heavy atom.